The van der Waals surface area contributed by atoms with Crippen LogP contribution in [0.2, 0.25) is 0 Å². The Morgan fingerprint density at radius 3 is 2.73 bits per heavy atom. The zero-order chi connectivity index (χ0) is 16.2. The molecule has 0 aromatic carbocycles. The maximum atomic E-state index is 12.2. The number of ether oxygens (including phenoxy) is 1. The minimum Gasteiger partial charge on any atom is -0.444 e. The fourth-order valence-corrected chi connectivity index (χ4v) is 3.93. The predicted molar refractivity (Wildman–Crippen MR) is 86.9 cm³/mol. The Balaban J connectivity index is 1.79. The van der Waals surface area contributed by atoms with Gasteiger partial charge in [0.05, 0.1) is 0 Å². The molecule has 0 saturated carbocycles. The Bertz CT molecular complexity index is 528. The van der Waals surface area contributed by atoms with Crippen LogP contribution in [-0.4, -0.2) is 44.6 Å². The first-order chi connectivity index (χ1) is 10.3. The summed E-state index contributed by atoms with van der Waals surface area (Å²) in [6, 6.07) is 3.78. The molecule has 5 nitrogen and oxygen atoms in total. The summed E-state index contributed by atoms with van der Waals surface area (Å²) in [4.78, 5) is 17.7. The van der Waals surface area contributed by atoms with E-state index in [2.05, 4.69) is 4.98 Å². The van der Waals surface area contributed by atoms with Crippen LogP contribution < -0.4 is 0 Å². The summed E-state index contributed by atoms with van der Waals surface area (Å²) in [5.74, 6) is 1.46. The summed E-state index contributed by atoms with van der Waals surface area (Å²) in [6.07, 6.45) is 4.05. The van der Waals surface area contributed by atoms with E-state index in [1.54, 1.807) is 17.3 Å². The number of hydrogen-bond donors (Lipinski definition) is 0. The molecule has 0 N–H and O–H groups in total. The number of hydrogen-bond acceptors (Lipinski definition) is 4. The lowest BCUT2D eigenvalue weighted by Crippen LogP contribution is -2.35. The number of likely N-dealkylation sites (tertiary alicyclic amines) is 1. The highest BCUT2D eigenvalue weighted by Crippen LogP contribution is 2.21. The largest absolute Gasteiger partial charge is 0.444 e. The third-order valence-electron chi connectivity index (χ3n) is 3.44. The lowest BCUT2D eigenvalue weighted by atomic mass is 10.2. The van der Waals surface area contributed by atoms with Crippen molar-refractivity contribution >= 4 is 16.9 Å². The van der Waals surface area contributed by atoms with Crippen molar-refractivity contribution in [2.24, 2.45) is 5.92 Å². The molecule has 1 saturated heterocycles. The summed E-state index contributed by atoms with van der Waals surface area (Å²) < 4.78 is 17.6. The Labute approximate surface area is 134 Å². The summed E-state index contributed by atoms with van der Waals surface area (Å²) >= 11 is 0. The van der Waals surface area contributed by atoms with E-state index in [1.165, 1.54) is 0 Å². The highest BCUT2D eigenvalue weighted by Gasteiger charge is 2.30. The normalized spacial score (nSPS) is 20.0. The highest BCUT2D eigenvalue weighted by molar-refractivity contribution is 7.84. The first-order valence-electron chi connectivity index (χ1n) is 7.55. The summed E-state index contributed by atoms with van der Waals surface area (Å²) in [7, 11) is -0.915. The van der Waals surface area contributed by atoms with Crippen LogP contribution >= 0.6 is 0 Å². The number of rotatable bonds is 4. The van der Waals surface area contributed by atoms with Gasteiger partial charge in [-0.05, 0) is 50.8 Å². The molecular formula is C16H24N2O3S. The fraction of sp³-hybridized carbons (Fsp3) is 0.625. The van der Waals surface area contributed by atoms with Crippen molar-refractivity contribution < 1.29 is 13.7 Å². The molecule has 1 aliphatic rings. The summed E-state index contributed by atoms with van der Waals surface area (Å²) in [6.45, 7) is 6.91. The molecule has 1 aromatic heterocycles. The third-order valence-corrected chi connectivity index (χ3v) is 4.93. The van der Waals surface area contributed by atoms with Crippen molar-refractivity contribution in [3.05, 3.63) is 30.1 Å². The molecule has 1 fully saturated rings. The van der Waals surface area contributed by atoms with Crippen LogP contribution in [-0.2, 0) is 21.3 Å². The number of carbonyl (C=O) groups excluding carboxylic acids is 1. The molecule has 2 atom stereocenters. The van der Waals surface area contributed by atoms with Gasteiger partial charge in [-0.25, -0.2) is 4.79 Å². The van der Waals surface area contributed by atoms with Gasteiger partial charge in [-0.15, -0.1) is 0 Å². The van der Waals surface area contributed by atoms with E-state index in [0.717, 1.165) is 12.0 Å². The van der Waals surface area contributed by atoms with Crippen molar-refractivity contribution in [3.8, 4) is 0 Å². The smallest absolute Gasteiger partial charge is 0.410 e. The van der Waals surface area contributed by atoms with E-state index in [9.17, 15) is 9.00 Å². The van der Waals surface area contributed by atoms with Crippen LogP contribution in [0.25, 0.3) is 0 Å². The van der Waals surface area contributed by atoms with E-state index in [-0.39, 0.29) is 12.0 Å². The van der Waals surface area contributed by atoms with Gasteiger partial charge in [-0.2, -0.15) is 0 Å². The van der Waals surface area contributed by atoms with Gasteiger partial charge in [0.25, 0.3) is 0 Å². The molecule has 1 amide bonds. The van der Waals surface area contributed by atoms with Crippen LogP contribution in [0.4, 0.5) is 4.79 Å². The van der Waals surface area contributed by atoms with Gasteiger partial charge in [0.1, 0.15) is 5.60 Å². The van der Waals surface area contributed by atoms with Crippen molar-refractivity contribution in [1.29, 1.82) is 0 Å². The standard InChI is InChI=1S/C16H24N2O3S/c1-16(2,3)21-15(19)18-9-6-14(10-18)12-22(20)11-13-4-7-17-8-5-13/h4-5,7-8,14H,6,9-12H2,1-3H3/t14-,22-/m0/s1. The lowest BCUT2D eigenvalue weighted by molar-refractivity contribution is 0.0289. The van der Waals surface area contributed by atoms with Crippen molar-refractivity contribution in [2.75, 3.05) is 18.8 Å². The second-order valence-electron chi connectivity index (χ2n) is 6.69. The Hall–Kier alpha value is -1.43. The zero-order valence-electron chi connectivity index (χ0n) is 13.4. The molecule has 6 heteroatoms. The summed E-state index contributed by atoms with van der Waals surface area (Å²) in [5, 5.41) is 0. The van der Waals surface area contributed by atoms with Crippen LogP contribution in [0, 0.1) is 5.92 Å². The van der Waals surface area contributed by atoms with Gasteiger partial charge in [0.2, 0.25) is 0 Å². The number of amides is 1. The molecular weight excluding hydrogens is 300 g/mol. The van der Waals surface area contributed by atoms with Crippen LogP contribution in [0.3, 0.4) is 0 Å². The van der Waals surface area contributed by atoms with Crippen LogP contribution in [0.1, 0.15) is 32.8 Å². The quantitative estimate of drug-likeness (QED) is 0.854. The van der Waals surface area contributed by atoms with Gasteiger partial charge in [0, 0.05) is 47.8 Å². The molecule has 0 radical (unpaired) electrons. The first kappa shape index (κ1) is 16.9. The number of nitrogens with zero attached hydrogens (tertiary/aromatic N) is 2. The monoisotopic (exact) mass is 324 g/mol. The molecule has 22 heavy (non-hydrogen) atoms. The molecule has 122 valence electrons. The van der Waals surface area contributed by atoms with Gasteiger partial charge in [-0.1, -0.05) is 0 Å². The van der Waals surface area contributed by atoms with Crippen LogP contribution in [0.15, 0.2) is 24.5 Å². The molecule has 0 bridgehead atoms. The van der Waals surface area contributed by atoms with Crippen molar-refractivity contribution in [1.82, 2.24) is 9.88 Å². The minimum absolute atomic E-state index is 0.269. The Kier molecular flexibility index (Phi) is 5.56. The third kappa shape index (κ3) is 5.40. The zero-order valence-corrected chi connectivity index (χ0v) is 14.3. The maximum absolute atomic E-state index is 12.2. The second kappa shape index (κ2) is 7.22. The summed E-state index contributed by atoms with van der Waals surface area (Å²) in [5.41, 5.74) is 0.564. The number of carbonyl (C=O) groups is 1. The molecule has 2 heterocycles. The van der Waals surface area contributed by atoms with E-state index in [4.69, 9.17) is 4.74 Å². The van der Waals surface area contributed by atoms with E-state index in [0.29, 0.717) is 24.6 Å². The average Bonchev–Trinajstić information content (AvgIpc) is 2.86. The Morgan fingerprint density at radius 2 is 2.09 bits per heavy atom. The van der Waals surface area contributed by atoms with E-state index >= 15 is 0 Å². The highest BCUT2D eigenvalue weighted by atomic mass is 32.2. The maximum Gasteiger partial charge on any atom is 0.410 e. The molecule has 0 spiro atoms. The molecule has 1 aromatic rings. The van der Waals surface area contributed by atoms with Crippen molar-refractivity contribution in [2.45, 2.75) is 38.5 Å². The number of aromatic nitrogens is 1. The number of pyridine rings is 1. The Morgan fingerprint density at radius 1 is 1.41 bits per heavy atom. The fourth-order valence-electron chi connectivity index (χ4n) is 2.45. The minimum atomic E-state index is -0.915. The van der Waals surface area contributed by atoms with E-state index < -0.39 is 16.4 Å². The first-order valence-corrected chi connectivity index (χ1v) is 9.04. The van der Waals surface area contributed by atoms with Gasteiger partial charge >= 0.3 is 6.09 Å². The molecule has 1 aliphatic heterocycles. The average molecular weight is 324 g/mol. The van der Waals surface area contributed by atoms with Gasteiger partial charge in [0.15, 0.2) is 0 Å². The lowest BCUT2D eigenvalue weighted by Gasteiger charge is -2.24. The van der Waals surface area contributed by atoms with Gasteiger partial charge < -0.3 is 9.64 Å². The molecule has 0 unspecified atom stereocenters. The predicted octanol–water partition coefficient (Wildman–Crippen LogP) is 2.59. The van der Waals surface area contributed by atoms with Gasteiger partial charge in [-0.3, -0.25) is 9.19 Å². The van der Waals surface area contributed by atoms with Crippen molar-refractivity contribution in [3.63, 3.8) is 0 Å². The second-order valence-corrected chi connectivity index (χ2v) is 8.19. The topological polar surface area (TPSA) is 59.5 Å². The molecule has 2 rings (SSSR count). The molecule has 0 aliphatic carbocycles. The van der Waals surface area contributed by atoms with E-state index in [1.807, 2.05) is 32.9 Å². The SMILES string of the molecule is CC(C)(C)OC(=O)N1CC[C@H](C[S@@](=O)Cc2ccncc2)C1. The van der Waals surface area contributed by atoms with Crippen LogP contribution in [0.5, 0.6) is 0 Å².